The van der Waals surface area contributed by atoms with E-state index in [-0.39, 0.29) is 24.8 Å². The number of carbonyl (C=O) groups excluding carboxylic acids is 2. The Hall–Kier alpha value is -2.91. The Labute approximate surface area is 199 Å². The molecule has 9 heteroatoms. The second-order valence-electron chi connectivity index (χ2n) is 9.62. The van der Waals surface area contributed by atoms with Gasteiger partial charge in [-0.15, -0.1) is 0 Å². The Kier molecular flexibility index (Phi) is 7.53. The van der Waals surface area contributed by atoms with E-state index >= 15 is 0 Å². The van der Waals surface area contributed by atoms with Crippen LogP contribution in [0.4, 0.5) is 0 Å². The first-order chi connectivity index (χ1) is 16.3. The van der Waals surface area contributed by atoms with Crippen LogP contribution < -0.4 is 10.1 Å². The van der Waals surface area contributed by atoms with E-state index in [4.69, 9.17) is 4.74 Å². The minimum absolute atomic E-state index is 0.0986. The van der Waals surface area contributed by atoms with E-state index in [1.165, 1.54) is 0 Å². The fraction of sp³-hybridized carbons (Fsp3) is 0.560. The number of rotatable bonds is 3. The van der Waals surface area contributed by atoms with Gasteiger partial charge in [-0.25, -0.2) is 0 Å². The molecule has 2 aromatic rings. The summed E-state index contributed by atoms with van der Waals surface area (Å²) in [5.41, 5.74) is 1.40. The highest BCUT2D eigenvalue weighted by molar-refractivity contribution is 5.78. The SMILES string of the molecule is Cn1cc(CCC(=O)N2CCC3(CC2)CNC(=O)COc2ccccc2C[C@H](O)[C@H](O)C3)cn1. The van der Waals surface area contributed by atoms with E-state index in [9.17, 15) is 19.8 Å². The van der Waals surface area contributed by atoms with Crippen molar-refractivity contribution in [1.82, 2.24) is 20.0 Å². The Balaban J connectivity index is 1.39. The monoisotopic (exact) mass is 470 g/mol. The number of hydrogen-bond donors (Lipinski definition) is 3. The van der Waals surface area contributed by atoms with Gasteiger partial charge in [0.1, 0.15) is 5.75 Å². The van der Waals surface area contributed by atoms with Crippen LogP contribution in [-0.2, 0) is 29.5 Å². The molecule has 0 aliphatic carbocycles. The van der Waals surface area contributed by atoms with Crippen molar-refractivity contribution in [2.45, 2.75) is 50.7 Å². The number of nitrogens with zero attached hydrogens (tertiary/aromatic N) is 3. The highest BCUT2D eigenvalue weighted by Gasteiger charge is 2.39. The Morgan fingerprint density at radius 3 is 2.74 bits per heavy atom. The van der Waals surface area contributed by atoms with Crippen LogP contribution >= 0.6 is 0 Å². The summed E-state index contributed by atoms with van der Waals surface area (Å²) in [7, 11) is 1.85. The third kappa shape index (κ3) is 5.95. The van der Waals surface area contributed by atoms with E-state index in [1.807, 2.05) is 36.3 Å². The van der Waals surface area contributed by atoms with Crippen molar-refractivity contribution in [2.75, 3.05) is 26.2 Å². The molecule has 184 valence electrons. The van der Waals surface area contributed by atoms with Crippen LogP contribution in [0.1, 0.15) is 36.8 Å². The van der Waals surface area contributed by atoms with Crippen molar-refractivity contribution >= 4 is 11.8 Å². The average Bonchev–Trinajstić information content (AvgIpc) is 3.25. The number of aryl methyl sites for hydroxylation is 2. The summed E-state index contributed by atoms with van der Waals surface area (Å²) in [6, 6.07) is 7.25. The molecule has 2 amide bonds. The maximum atomic E-state index is 12.8. The van der Waals surface area contributed by atoms with Crippen LogP contribution in [0.2, 0.25) is 0 Å². The van der Waals surface area contributed by atoms with Gasteiger partial charge in [-0.3, -0.25) is 14.3 Å². The maximum Gasteiger partial charge on any atom is 0.257 e. The summed E-state index contributed by atoms with van der Waals surface area (Å²) in [5.74, 6) is 0.415. The van der Waals surface area contributed by atoms with Crippen LogP contribution in [0, 0.1) is 5.41 Å². The number of para-hydroxylation sites is 1. The molecular formula is C25H34N4O5. The van der Waals surface area contributed by atoms with Crippen LogP contribution in [0.15, 0.2) is 36.7 Å². The fourth-order valence-electron chi connectivity index (χ4n) is 4.93. The fourth-order valence-corrected chi connectivity index (χ4v) is 4.93. The topological polar surface area (TPSA) is 117 Å². The number of nitrogens with one attached hydrogen (secondary N) is 1. The quantitative estimate of drug-likeness (QED) is 0.612. The Bertz CT molecular complexity index is 999. The first-order valence-electron chi connectivity index (χ1n) is 11.9. The number of amides is 2. The van der Waals surface area contributed by atoms with Gasteiger partial charge in [-0.05, 0) is 48.3 Å². The second kappa shape index (κ2) is 10.6. The molecule has 0 unspecified atom stereocenters. The van der Waals surface area contributed by atoms with E-state index in [0.29, 0.717) is 57.5 Å². The van der Waals surface area contributed by atoms with Gasteiger partial charge in [0.05, 0.1) is 18.4 Å². The predicted octanol–water partition coefficient (Wildman–Crippen LogP) is 0.825. The molecule has 4 rings (SSSR count). The zero-order chi connectivity index (χ0) is 24.1. The maximum absolute atomic E-state index is 12.8. The average molecular weight is 471 g/mol. The van der Waals surface area contributed by atoms with Gasteiger partial charge in [-0.2, -0.15) is 5.10 Å². The summed E-state index contributed by atoms with van der Waals surface area (Å²) in [5, 5.41) is 28.7. The molecule has 0 radical (unpaired) electrons. The third-order valence-corrected chi connectivity index (χ3v) is 7.07. The van der Waals surface area contributed by atoms with E-state index < -0.39 is 17.6 Å². The molecule has 0 saturated carbocycles. The van der Waals surface area contributed by atoms with Crippen LogP contribution in [0.5, 0.6) is 5.75 Å². The minimum Gasteiger partial charge on any atom is -0.483 e. The van der Waals surface area contributed by atoms with E-state index in [1.54, 1.807) is 16.9 Å². The number of aliphatic hydroxyl groups excluding tert-OH is 2. The molecule has 1 aromatic heterocycles. The highest BCUT2D eigenvalue weighted by atomic mass is 16.5. The lowest BCUT2D eigenvalue weighted by molar-refractivity contribution is -0.134. The number of aliphatic hydroxyl groups is 2. The van der Waals surface area contributed by atoms with Crippen molar-refractivity contribution in [1.29, 1.82) is 0 Å². The Morgan fingerprint density at radius 2 is 2.00 bits per heavy atom. The molecule has 3 N–H and O–H groups in total. The number of fused-ring (bicyclic) bond motifs is 1. The van der Waals surface area contributed by atoms with Crippen molar-refractivity contribution in [2.24, 2.45) is 12.5 Å². The lowest BCUT2D eigenvalue weighted by Gasteiger charge is -2.43. The number of benzene rings is 1. The Morgan fingerprint density at radius 1 is 1.24 bits per heavy atom. The summed E-state index contributed by atoms with van der Waals surface area (Å²) in [6.07, 6.45) is 4.77. The lowest BCUT2D eigenvalue weighted by atomic mass is 9.73. The number of ether oxygens (including phenoxy) is 1. The zero-order valence-electron chi connectivity index (χ0n) is 19.7. The van der Waals surface area contributed by atoms with Gasteiger partial charge in [0.2, 0.25) is 5.91 Å². The molecule has 1 fully saturated rings. The summed E-state index contributed by atoms with van der Waals surface area (Å²) in [6.45, 7) is 1.39. The number of hydrogen-bond acceptors (Lipinski definition) is 6. The molecule has 9 nitrogen and oxygen atoms in total. The second-order valence-corrected chi connectivity index (χ2v) is 9.62. The molecule has 0 bridgehead atoms. The van der Waals surface area contributed by atoms with Gasteiger partial charge < -0.3 is 25.2 Å². The summed E-state index contributed by atoms with van der Waals surface area (Å²) in [4.78, 5) is 27.1. The molecule has 1 spiro atoms. The summed E-state index contributed by atoms with van der Waals surface area (Å²) < 4.78 is 7.41. The van der Waals surface area contributed by atoms with Crippen molar-refractivity contribution < 1.29 is 24.5 Å². The normalized spacial score (nSPS) is 23.3. The van der Waals surface area contributed by atoms with Crippen LogP contribution in [-0.4, -0.2) is 75.2 Å². The van der Waals surface area contributed by atoms with Crippen LogP contribution in [0.3, 0.4) is 0 Å². The number of aromatic nitrogens is 2. The molecule has 3 heterocycles. The summed E-state index contributed by atoms with van der Waals surface area (Å²) >= 11 is 0. The van der Waals surface area contributed by atoms with Crippen LogP contribution in [0.25, 0.3) is 0 Å². The number of carbonyl (C=O) groups is 2. The van der Waals surface area contributed by atoms with Crippen molar-refractivity contribution in [3.05, 3.63) is 47.8 Å². The van der Waals surface area contributed by atoms with Crippen molar-refractivity contribution in [3.8, 4) is 5.75 Å². The minimum atomic E-state index is -0.948. The first kappa shape index (κ1) is 24.2. The number of piperidine rings is 1. The standard InChI is InChI=1S/C25H34N4O5/c1-28-15-18(14-27-28)6-7-24(33)29-10-8-25(9-11-29)13-21(31)20(30)12-19-4-2-3-5-22(19)34-16-23(32)26-17-25/h2-5,14-15,20-21,30-31H,6-13,16-17H2,1H3,(H,26,32)/t20-,21+/m0/s1. The highest BCUT2D eigenvalue weighted by Crippen LogP contribution is 2.37. The molecule has 1 saturated heterocycles. The zero-order valence-corrected chi connectivity index (χ0v) is 19.7. The molecular weight excluding hydrogens is 436 g/mol. The number of likely N-dealkylation sites (tertiary alicyclic amines) is 1. The first-order valence-corrected chi connectivity index (χ1v) is 11.9. The molecule has 1 aromatic carbocycles. The molecule has 2 atom stereocenters. The third-order valence-electron chi connectivity index (χ3n) is 7.07. The predicted molar refractivity (Wildman–Crippen MR) is 125 cm³/mol. The largest absolute Gasteiger partial charge is 0.483 e. The molecule has 2 aliphatic rings. The van der Waals surface area contributed by atoms with Crippen molar-refractivity contribution in [3.63, 3.8) is 0 Å². The van der Waals surface area contributed by atoms with E-state index in [2.05, 4.69) is 10.4 Å². The van der Waals surface area contributed by atoms with Gasteiger partial charge >= 0.3 is 0 Å². The lowest BCUT2D eigenvalue weighted by Crippen LogP contribution is -2.51. The van der Waals surface area contributed by atoms with Gasteiger partial charge in [0, 0.05) is 45.7 Å². The van der Waals surface area contributed by atoms with E-state index in [0.717, 1.165) is 11.1 Å². The van der Waals surface area contributed by atoms with Gasteiger partial charge in [0.15, 0.2) is 6.61 Å². The molecule has 34 heavy (non-hydrogen) atoms. The van der Waals surface area contributed by atoms with Gasteiger partial charge in [0.25, 0.3) is 5.91 Å². The molecule has 2 aliphatic heterocycles. The smallest absolute Gasteiger partial charge is 0.257 e. The van der Waals surface area contributed by atoms with Gasteiger partial charge in [-0.1, -0.05) is 18.2 Å².